The Morgan fingerprint density at radius 3 is 2.79 bits per heavy atom. The van der Waals surface area contributed by atoms with Crippen molar-refractivity contribution in [3.63, 3.8) is 0 Å². The minimum Gasteiger partial charge on any atom is -0.478 e. The van der Waals surface area contributed by atoms with Gasteiger partial charge >= 0.3 is 5.97 Å². The maximum atomic E-state index is 11.0. The van der Waals surface area contributed by atoms with Gasteiger partial charge in [0.1, 0.15) is 5.03 Å². The van der Waals surface area contributed by atoms with Crippen LogP contribution < -0.4 is 0 Å². The number of aryl methyl sites for hydroxylation is 1. The number of carboxylic acid groups (broad SMARTS) is 1. The van der Waals surface area contributed by atoms with Gasteiger partial charge in [-0.05, 0) is 24.1 Å². The van der Waals surface area contributed by atoms with Crippen LogP contribution in [0.4, 0.5) is 0 Å². The third kappa shape index (κ3) is 3.28. The predicted octanol–water partition coefficient (Wildman–Crippen LogP) is 4.03. The van der Waals surface area contributed by atoms with Gasteiger partial charge in [0.05, 0.1) is 10.6 Å². The summed E-state index contributed by atoms with van der Waals surface area (Å²) in [5.41, 5.74) is 2.47. The number of carboxylic acids is 1. The van der Waals surface area contributed by atoms with E-state index >= 15 is 0 Å². The first-order valence-electron chi connectivity index (χ1n) is 5.64. The van der Waals surface area contributed by atoms with Crippen LogP contribution >= 0.6 is 23.4 Å². The number of hydrogen-bond acceptors (Lipinski definition) is 3. The third-order valence-corrected chi connectivity index (χ3v) is 4.25. The maximum Gasteiger partial charge on any atom is 0.337 e. The maximum absolute atomic E-state index is 11.0. The van der Waals surface area contributed by atoms with Crippen molar-refractivity contribution in [3.8, 4) is 0 Å². The van der Waals surface area contributed by atoms with Crippen molar-refractivity contribution in [2.45, 2.75) is 17.7 Å². The molecule has 0 fully saturated rings. The van der Waals surface area contributed by atoms with Crippen LogP contribution in [0.3, 0.4) is 0 Å². The fraction of sp³-hybridized carbons (Fsp3) is 0.143. The second-order valence-electron chi connectivity index (χ2n) is 4.00. The summed E-state index contributed by atoms with van der Waals surface area (Å²) in [4.78, 5) is 15.1. The van der Waals surface area contributed by atoms with Crippen LogP contribution in [0.1, 0.15) is 21.5 Å². The van der Waals surface area contributed by atoms with Crippen molar-refractivity contribution in [2.75, 3.05) is 0 Å². The number of benzene rings is 1. The molecule has 1 aromatic carbocycles. The summed E-state index contributed by atoms with van der Waals surface area (Å²) in [5, 5.41) is 9.75. The summed E-state index contributed by atoms with van der Waals surface area (Å²) >= 11 is 7.49. The van der Waals surface area contributed by atoms with Gasteiger partial charge in [0, 0.05) is 11.9 Å². The SMILES string of the molecule is Cc1ccccc1CSc1nccc(C(=O)O)c1Cl. The number of pyridine rings is 1. The molecule has 0 bridgehead atoms. The number of aromatic nitrogens is 1. The Balaban J connectivity index is 2.19. The highest BCUT2D eigenvalue weighted by Gasteiger charge is 2.13. The summed E-state index contributed by atoms with van der Waals surface area (Å²) < 4.78 is 0. The van der Waals surface area contributed by atoms with E-state index in [0.29, 0.717) is 10.8 Å². The summed E-state index contributed by atoms with van der Waals surface area (Å²) in [7, 11) is 0. The smallest absolute Gasteiger partial charge is 0.337 e. The molecule has 0 aliphatic carbocycles. The lowest BCUT2D eigenvalue weighted by Crippen LogP contribution is -1.99. The zero-order valence-corrected chi connectivity index (χ0v) is 11.8. The van der Waals surface area contributed by atoms with Crippen LogP contribution in [0.2, 0.25) is 5.02 Å². The molecule has 0 radical (unpaired) electrons. The Morgan fingerprint density at radius 1 is 1.37 bits per heavy atom. The number of hydrogen-bond donors (Lipinski definition) is 1. The number of nitrogens with zero attached hydrogens (tertiary/aromatic N) is 1. The summed E-state index contributed by atoms with van der Waals surface area (Å²) in [6, 6.07) is 9.45. The molecular weight excluding hydrogens is 282 g/mol. The molecule has 0 amide bonds. The number of rotatable bonds is 4. The fourth-order valence-electron chi connectivity index (χ4n) is 1.61. The Bertz CT molecular complexity index is 616. The highest BCUT2D eigenvalue weighted by molar-refractivity contribution is 7.98. The van der Waals surface area contributed by atoms with Crippen molar-refractivity contribution in [3.05, 3.63) is 58.2 Å². The highest BCUT2D eigenvalue weighted by Crippen LogP contribution is 2.30. The second-order valence-corrected chi connectivity index (χ2v) is 5.34. The lowest BCUT2D eigenvalue weighted by Gasteiger charge is -2.07. The fourth-order valence-corrected chi connectivity index (χ4v) is 2.95. The van der Waals surface area contributed by atoms with Crippen LogP contribution in [-0.2, 0) is 5.75 Å². The van der Waals surface area contributed by atoms with E-state index in [9.17, 15) is 4.79 Å². The van der Waals surface area contributed by atoms with Crippen molar-refractivity contribution < 1.29 is 9.90 Å². The first-order chi connectivity index (χ1) is 9.09. The molecule has 1 heterocycles. The van der Waals surface area contributed by atoms with Crippen LogP contribution in [0.5, 0.6) is 0 Å². The average Bonchev–Trinajstić information content (AvgIpc) is 2.39. The monoisotopic (exact) mass is 293 g/mol. The number of carbonyl (C=O) groups is 1. The normalized spacial score (nSPS) is 10.4. The molecule has 98 valence electrons. The van der Waals surface area contributed by atoms with Crippen molar-refractivity contribution in [2.24, 2.45) is 0 Å². The molecule has 0 spiro atoms. The molecular formula is C14H12ClNO2S. The number of aromatic carboxylic acids is 1. The minimum absolute atomic E-state index is 0.0870. The van der Waals surface area contributed by atoms with Gasteiger partial charge in [-0.3, -0.25) is 0 Å². The quantitative estimate of drug-likeness (QED) is 0.865. The number of halogens is 1. The molecule has 0 unspecified atom stereocenters. The molecule has 0 saturated carbocycles. The Morgan fingerprint density at radius 2 is 2.11 bits per heavy atom. The molecule has 0 aliphatic rings. The lowest BCUT2D eigenvalue weighted by atomic mass is 10.1. The van der Waals surface area contributed by atoms with E-state index in [0.717, 1.165) is 0 Å². The average molecular weight is 294 g/mol. The minimum atomic E-state index is -1.04. The van der Waals surface area contributed by atoms with E-state index in [1.807, 2.05) is 31.2 Å². The van der Waals surface area contributed by atoms with Gasteiger partial charge in [0.2, 0.25) is 0 Å². The Labute approximate surface area is 120 Å². The third-order valence-electron chi connectivity index (χ3n) is 2.71. The lowest BCUT2D eigenvalue weighted by molar-refractivity contribution is 0.0696. The molecule has 1 aromatic heterocycles. The molecule has 19 heavy (non-hydrogen) atoms. The largest absolute Gasteiger partial charge is 0.478 e. The van der Waals surface area contributed by atoms with Crippen LogP contribution in [0.15, 0.2) is 41.6 Å². The van der Waals surface area contributed by atoms with E-state index in [4.69, 9.17) is 16.7 Å². The highest BCUT2D eigenvalue weighted by atomic mass is 35.5. The first kappa shape index (κ1) is 13.9. The summed E-state index contributed by atoms with van der Waals surface area (Å²) in [5.74, 6) is -0.326. The van der Waals surface area contributed by atoms with E-state index in [2.05, 4.69) is 4.98 Å². The Kier molecular flexibility index (Phi) is 4.45. The molecule has 2 aromatic rings. The van der Waals surface area contributed by atoms with Crippen molar-refractivity contribution in [1.82, 2.24) is 4.98 Å². The number of thioether (sulfide) groups is 1. The zero-order valence-electron chi connectivity index (χ0n) is 10.3. The van der Waals surface area contributed by atoms with Gasteiger partial charge in [0.15, 0.2) is 0 Å². The molecule has 1 N–H and O–H groups in total. The summed E-state index contributed by atoms with van der Waals surface area (Å²) in [6.07, 6.45) is 1.47. The molecule has 3 nitrogen and oxygen atoms in total. The van der Waals surface area contributed by atoms with Gasteiger partial charge in [-0.1, -0.05) is 35.9 Å². The molecule has 5 heteroatoms. The van der Waals surface area contributed by atoms with Crippen molar-refractivity contribution in [1.29, 1.82) is 0 Å². The molecule has 0 aliphatic heterocycles. The zero-order chi connectivity index (χ0) is 13.8. The van der Waals surface area contributed by atoms with E-state index < -0.39 is 5.97 Å². The van der Waals surface area contributed by atoms with E-state index in [1.54, 1.807) is 0 Å². The Hall–Kier alpha value is -1.52. The van der Waals surface area contributed by atoms with Gasteiger partial charge in [-0.25, -0.2) is 9.78 Å². The van der Waals surface area contributed by atoms with Crippen LogP contribution in [-0.4, -0.2) is 16.1 Å². The standard InChI is InChI=1S/C14H12ClNO2S/c1-9-4-2-3-5-10(9)8-19-13-12(15)11(14(17)18)6-7-16-13/h2-7H,8H2,1H3,(H,17,18). The van der Waals surface area contributed by atoms with Gasteiger partial charge in [-0.2, -0.15) is 0 Å². The van der Waals surface area contributed by atoms with Crippen LogP contribution in [0.25, 0.3) is 0 Å². The molecule has 2 rings (SSSR count). The van der Waals surface area contributed by atoms with Gasteiger partial charge < -0.3 is 5.11 Å². The molecule has 0 atom stereocenters. The van der Waals surface area contributed by atoms with Crippen molar-refractivity contribution >= 4 is 29.3 Å². The van der Waals surface area contributed by atoms with Crippen LogP contribution in [0, 0.1) is 6.92 Å². The molecule has 0 saturated heterocycles. The topological polar surface area (TPSA) is 50.2 Å². The van der Waals surface area contributed by atoms with Gasteiger partial charge in [-0.15, -0.1) is 11.8 Å². The summed E-state index contributed by atoms with van der Waals surface area (Å²) in [6.45, 7) is 2.04. The second kappa shape index (κ2) is 6.08. The van der Waals surface area contributed by atoms with Gasteiger partial charge in [0.25, 0.3) is 0 Å². The van der Waals surface area contributed by atoms with E-state index in [1.165, 1.54) is 35.2 Å². The predicted molar refractivity (Wildman–Crippen MR) is 76.9 cm³/mol. The van der Waals surface area contributed by atoms with E-state index in [-0.39, 0.29) is 10.6 Å². The first-order valence-corrected chi connectivity index (χ1v) is 7.01.